The Morgan fingerprint density at radius 3 is 2.52 bits per heavy atom. The molecule has 0 aromatic heterocycles. The van der Waals surface area contributed by atoms with Gasteiger partial charge in [0.25, 0.3) is 5.91 Å². The molecular formula is C28H35N3O2. The van der Waals surface area contributed by atoms with Crippen molar-refractivity contribution < 1.29 is 9.53 Å². The van der Waals surface area contributed by atoms with E-state index in [-0.39, 0.29) is 5.91 Å². The quantitative estimate of drug-likeness (QED) is 0.711. The SMILES string of the molecule is COc1ccc(C2=C\C(=O)N3C=C(N4C[C@@H](C)N[C@@H](C)C4)C=C(C)\C3=C/C=C/2)cc1C(C)C. The fourth-order valence-electron chi connectivity index (χ4n) is 4.87. The van der Waals surface area contributed by atoms with Crippen molar-refractivity contribution in [3.8, 4) is 5.75 Å². The van der Waals surface area contributed by atoms with Crippen molar-refractivity contribution in [3.05, 3.63) is 82.9 Å². The number of ether oxygens (including phenoxy) is 1. The topological polar surface area (TPSA) is 44.8 Å². The van der Waals surface area contributed by atoms with E-state index < -0.39 is 0 Å². The summed E-state index contributed by atoms with van der Waals surface area (Å²) in [5.41, 5.74) is 6.14. The van der Waals surface area contributed by atoms with E-state index in [1.807, 2.05) is 36.6 Å². The first-order chi connectivity index (χ1) is 15.8. The summed E-state index contributed by atoms with van der Waals surface area (Å²) >= 11 is 0. The second kappa shape index (κ2) is 9.44. The lowest BCUT2D eigenvalue weighted by molar-refractivity contribution is -0.122. The van der Waals surface area contributed by atoms with Gasteiger partial charge in [-0.3, -0.25) is 9.69 Å². The molecule has 1 fully saturated rings. The Morgan fingerprint density at radius 2 is 1.85 bits per heavy atom. The number of methoxy groups -OCH3 is 1. The molecule has 2 atom stereocenters. The van der Waals surface area contributed by atoms with Crippen LogP contribution < -0.4 is 10.1 Å². The zero-order chi connectivity index (χ0) is 23.7. The first-order valence-corrected chi connectivity index (χ1v) is 11.8. The summed E-state index contributed by atoms with van der Waals surface area (Å²) in [5.74, 6) is 1.16. The largest absolute Gasteiger partial charge is 0.496 e. The standard InChI is InChI=1S/C28H35N3O2/c1-18(2)25-13-23(10-11-27(25)33-6)22-8-7-9-26-19(3)12-24(17-31(26)28(32)14-22)30-15-20(4)29-21(5)16-30/h7-14,17-18,20-21,29H,15-16H2,1-6H3/b8-7+,22-14+,26-9+/t20-,21+. The van der Waals surface area contributed by atoms with Gasteiger partial charge in [-0.2, -0.15) is 0 Å². The molecular weight excluding hydrogens is 410 g/mol. The van der Waals surface area contributed by atoms with E-state index in [0.717, 1.165) is 52.5 Å². The predicted octanol–water partition coefficient (Wildman–Crippen LogP) is 4.97. The molecule has 3 heterocycles. The third kappa shape index (κ3) is 4.83. The van der Waals surface area contributed by atoms with Crippen molar-refractivity contribution in [3.63, 3.8) is 0 Å². The second-order valence-corrected chi connectivity index (χ2v) is 9.59. The molecule has 1 aromatic carbocycles. The number of carbonyl (C=O) groups is 1. The van der Waals surface area contributed by atoms with Crippen LogP contribution in [0.3, 0.4) is 0 Å². The normalized spacial score (nSPS) is 27.4. The van der Waals surface area contributed by atoms with Crippen LogP contribution in [0.2, 0.25) is 0 Å². The predicted molar refractivity (Wildman–Crippen MR) is 135 cm³/mol. The van der Waals surface area contributed by atoms with E-state index in [1.165, 1.54) is 0 Å². The molecule has 1 amide bonds. The van der Waals surface area contributed by atoms with Gasteiger partial charge in [-0.05, 0) is 73.2 Å². The minimum atomic E-state index is -0.0382. The van der Waals surface area contributed by atoms with E-state index in [9.17, 15) is 4.79 Å². The van der Waals surface area contributed by atoms with Gasteiger partial charge in [0.1, 0.15) is 5.75 Å². The second-order valence-electron chi connectivity index (χ2n) is 9.59. The summed E-state index contributed by atoms with van der Waals surface area (Å²) in [4.78, 5) is 17.6. The van der Waals surface area contributed by atoms with Crippen LogP contribution in [0.4, 0.5) is 0 Å². The highest BCUT2D eigenvalue weighted by atomic mass is 16.5. The number of allylic oxidation sites excluding steroid dienone is 6. The van der Waals surface area contributed by atoms with Crippen LogP contribution in [0.1, 0.15) is 51.7 Å². The van der Waals surface area contributed by atoms with E-state index in [2.05, 4.69) is 57.0 Å². The van der Waals surface area contributed by atoms with Crippen molar-refractivity contribution >= 4 is 11.5 Å². The van der Waals surface area contributed by atoms with E-state index >= 15 is 0 Å². The lowest BCUT2D eigenvalue weighted by Crippen LogP contribution is -2.53. The number of rotatable bonds is 4. The summed E-state index contributed by atoms with van der Waals surface area (Å²) in [6, 6.07) is 6.95. The third-order valence-corrected chi connectivity index (χ3v) is 6.44. The first-order valence-electron chi connectivity index (χ1n) is 11.8. The number of piperazine rings is 1. The summed E-state index contributed by atoms with van der Waals surface area (Å²) < 4.78 is 5.54. The molecule has 0 bridgehead atoms. The molecule has 33 heavy (non-hydrogen) atoms. The minimum Gasteiger partial charge on any atom is -0.496 e. The summed E-state index contributed by atoms with van der Waals surface area (Å²) in [7, 11) is 1.70. The van der Waals surface area contributed by atoms with Gasteiger partial charge in [0.05, 0.1) is 18.5 Å². The molecule has 1 aromatic rings. The molecule has 0 aliphatic carbocycles. The van der Waals surface area contributed by atoms with Crippen molar-refractivity contribution in [2.24, 2.45) is 0 Å². The number of nitrogens with one attached hydrogen (secondary N) is 1. The maximum absolute atomic E-state index is 13.5. The van der Waals surface area contributed by atoms with Crippen molar-refractivity contribution in [2.45, 2.75) is 52.6 Å². The molecule has 5 nitrogen and oxygen atoms in total. The fourth-order valence-corrected chi connectivity index (χ4v) is 4.87. The number of hydrogen-bond acceptors (Lipinski definition) is 4. The number of benzene rings is 1. The van der Waals surface area contributed by atoms with Gasteiger partial charge in [0.15, 0.2) is 0 Å². The number of nitrogens with zero attached hydrogens (tertiary/aromatic N) is 2. The van der Waals surface area contributed by atoms with Crippen LogP contribution in [-0.2, 0) is 4.79 Å². The van der Waals surface area contributed by atoms with Crippen LogP contribution in [0.15, 0.2) is 71.7 Å². The Morgan fingerprint density at radius 1 is 1.12 bits per heavy atom. The zero-order valence-electron chi connectivity index (χ0n) is 20.6. The lowest BCUT2D eigenvalue weighted by Gasteiger charge is -2.40. The lowest BCUT2D eigenvalue weighted by atomic mass is 9.95. The summed E-state index contributed by atoms with van der Waals surface area (Å²) in [5, 5.41) is 3.58. The number of hydrogen-bond donors (Lipinski definition) is 1. The van der Waals surface area contributed by atoms with Crippen LogP contribution in [-0.4, -0.2) is 48.0 Å². The molecule has 0 unspecified atom stereocenters. The Bertz CT molecular complexity index is 1080. The van der Waals surface area contributed by atoms with Crippen LogP contribution in [0.5, 0.6) is 5.75 Å². The van der Waals surface area contributed by atoms with Crippen molar-refractivity contribution in [2.75, 3.05) is 20.2 Å². The average molecular weight is 446 g/mol. The molecule has 3 aliphatic rings. The maximum Gasteiger partial charge on any atom is 0.255 e. The number of carbonyl (C=O) groups excluding carboxylic acids is 1. The number of amides is 1. The van der Waals surface area contributed by atoms with Gasteiger partial charge in [0.2, 0.25) is 0 Å². The highest BCUT2D eigenvalue weighted by Gasteiger charge is 2.27. The Hall–Kier alpha value is -3.05. The van der Waals surface area contributed by atoms with Gasteiger partial charge in [0, 0.05) is 37.4 Å². The van der Waals surface area contributed by atoms with Crippen molar-refractivity contribution in [1.82, 2.24) is 15.1 Å². The molecule has 1 N–H and O–H groups in total. The van der Waals surface area contributed by atoms with Crippen LogP contribution in [0.25, 0.3) is 5.57 Å². The van der Waals surface area contributed by atoms with Crippen LogP contribution in [0, 0.1) is 0 Å². The van der Waals surface area contributed by atoms with Crippen molar-refractivity contribution in [1.29, 1.82) is 0 Å². The smallest absolute Gasteiger partial charge is 0.255 e. The highest BCUT2D eigenvalue weighted by molar-refractivity contribution is 6.00. The highest BCUT2D eigenvalue weighted by Crippen LogP contribution is 2.32. The van der Waals surface area contributed by atoms with Gasteiger partial charge in [-0.25, -0.2) is 0 Å². The summed E-state index contributed by atoms with van der Waals surface area (Å²) in [6.07, 6.45) is 12.0. The van der Waals surface area contributed by atoms with Gasteiger partial charge in [-0.15, -0.1) is 0 Å². The third-order valence-electron chi connectivity index (χ3n) is 6.44. The monoisotopic (exact) mass is 445 g/mol. The Balaban J connectivity index is 1.69. The first kappa shape index (κ1) is 23.1. The molecule has 3 aliphatic heterocycles. The molecule has 0 saturated carbocycles. The Kier molecular flexibility index (Phi) is 6.61. The molecule has 174 valence electrons. The Labute approximate surface area is 197 Å². The molecule has 4 rings (SSSR count). The molecule has 1 saturated heterocycles. The number of fused-ring (bicyclic) bond motifs is 1. The fraction of sp³-hybridized carbons (Fsp3) is 0.393. The molecule has 5 heteroatoms. The molecule has 0 radical (unpaired) electrons. The molecule has 0 spiro atoms. The van der Waals surface area contributed by atoms with E-state index in [0.29, 0.717) is 18.0 Å². The van der Waals surface area contributed by atoms with Crippen LogP contribution >= 0.6 is 0 Å². The van der Waals surface area contributed by atoms with Gasteiger partial charge in [-0.1, -0.05) is 32.1 Å². The average Bonchev–Trinajstić information content (AvgIpc) is 2.76. The van der Waals surface area contributed by atoms with E-state index in [4.69, 9.17) is 4.74 Å². The van der Waals surface area contributed by atoms with E-state index in [1.54, 1.807) is 18.1 Å². The summed E-state index contributed by atoms with van der Waals surface area (Å²) in [6.45, 7) is 12.6. The van der Waals surface area contributed by atoms with Gasteiger partial charge >= 0.3 is 0 Å². The maximum atomic E-state index is 13.5. The van der Waals surface area contributed by atoms with Gasteiger partial charge < -0.3 is 15.0 Å². The zero-order valence-corrected chi connectivity index (χ0v) is 20.6. The minimum absolute atomic E-state index is 0.0382.